The number of halogens is 1. The van der Waals surface area contributed by atoms with Crippen LogP contribution in [0.25, 0.3) is 0 Å². The van der Waals surface area contributed by atoms with Crippen molar-refractivity contribution in [1.29, 1.82) is 0 Å². The average Bonchev–Trinajstić information content (AvgIpc) is 3.06. The van der Waals surface area contributed by atoms with Crippen LogP contribution in [-0.2, 0) is 11.3 Å². The molecule has 0 bridgehead atoms. The summed E-state index contributed by atoms with van der Waals surface area (Å²) in [6.45, 7) is 6.30. The molecular formula is C19H22ClN3O3. The lowest BCUT2D eigenvalue weighted by molar-refractivity contribution is -0.0848. The van der Waals surface area contributed by atoms with E-state index in [1.54, 1.807) is 10.7 Å². The molecule has 0 aliphatic carbocycles. The molecule has 4 rings (SSSR count). The van der Waals surface area contributed by atoms with Crippen molar-refractivity contribution >= 4 is 17.5 Å². The molecule has 3 heterocycles. The zero-order chi connectivity index (χ0) is 18.3. The van der Waals surface area contributed by atoms with Crippen LogP contribution in [0.2, 0.25) is 5.02 Å². The number of fused-ring (bicyclic) bond motifs is 1. The van der Waals surface area contributed by atoms with Gasteiger partial charge in [0.05, 0.1) is 25.3 Å². The van der Waals surface area contributed by atoms with Crippen LogP contribution in [0, 0.1) is 0 Å². The van der Waals surface area contributed by atoms with E-state index in [4.69, 9.17) is 21.1 Å². The van der Waals surface area contributed by atoms with Crippen LogP contribution in [0.15, 0.2) is 30.3 Å². The fourth-order valence-electron chi connectivity index (χ4n) is 3.44. The highest BCUT2D eigenvalue weighted by atomic mass is 35.5. The van der Waals surface area contributed by atoms with E-state index < -0.39 is 5.54 Å². The van der Waals surface area contributed by atoms with Gasteiger partial charge in [0.25, 0.3) is 5.91 Å². The third-order valence-electron chi connectivity index (χ3n) is 4.94. The van der Waals surface area contributed by atoms with E-state index in [-0.39, 0.29) is 12.0 Å². The Labute approximate surface area is 157 Å². The van der Waals surface area contributed by atoms with Crippen molar-refractivity contribution in [2.24, 2.45) is 0 Å². The van der Waals surface area contributed by atoms with Gasteiger partial charge in [-0.15, -0.1) is 0 Å². The maximum Gasteiger partial charge on any atom is 0.275 e. The Kier molecular flexibility index (Phi) is 4.40. The predicted molar refractivity (Wildman–Crippen MR) is 97.6 cm³/mol. The van der Waals surface area contributed by atoms with Gasteiger partial charge in [0.2, 0.25) is 5.88 Å². The predicted octanol–water partition coefficient (Wildman–Crippen LogP) is 3.31. The maximum atomic E-state index is 13.2. The van der Waals surface area contributed by atoms with Crippen LogP contribution in [0.1, 0.15) is 42.4 Å². The molecule has 0 radical (unpaired) electrons. The van der Waals surface area contributed by atoms with Gasteiger partial charge in [-0.1, -0.05) is 29.8 Å². The number of aryl methyl sites for hydroxylation is 1. The molecule has 0 N–H and O–H groups in total. The lowest BCUT2D eigenvalue weighted by atomic mass is 9.97. The molecule has 1 unspecified atom stereocenters. The van der Waals surface area contributed by atoms with Gasteiger partial charge in [-0.25, -0.2) is 4.68 Å². The molecular weight excluding hydrogens is 354 g/mol. The number of ether oxygens (including phenoxy) is 2. The summed E-state index contributed by atoms with van der Waals surface area (Å²) in [7, 11) is 0. The Morgan fingerprint density at radius 3 is 2.92 bits per heavy atom. The van der Waals surface area contributed by atoms with Crippen molar-refractivity contribution in [3.05, 3.63) is 46.6 Å². The summed E-state index contributed by atoms with van der Waals surface area (Å²) >= 11 is 6.33. The number of rotatable bonds is 2. The third-order valence-corrected chi connectivity index (χ3v) is 5.28. The molecule has 26 heavy (non-hydrogen) atoms. The summed E-state index contributed by atoms with van der Waals surface area (Å²) < 4.78 is 13.4. The van der Waals surface area contributed by atoms with Crippen LogP contribution in [0.3, 0.4) is 0 Å². The standard InChI is InChI=1S/C19H22ClN3O3/c1-19(2)12-26-16(13-6-3-4-7-14(13)20)11-22(19)18(24)15-10-17-23(21-15)8-5-9-25-17/h3-4,6-7,10,16H,5,8-9,11-12H2,1-2H3. The molecule has 7 heteroatoms. The highest BCUT2D eigenvalue weighted by Crippen LogP contribution is 2.34. The van der Waals surface area contributed by atoms with E-state index in [2.05, 4.69) is 5.10 Å². The van der Waals surface area contributed by atoms with E-state index in [0.717, 1.165) is 18.5 Å². The molecule has 1 aromatic heterocycles. The first kappa shape index (κ1) is 17.4. The molecule has 1 fully saturated rings. The van der Waals surface area contributed by atoms with E-state index >= 15 is 0 Å². The number of carbonyl (C=O) groups excluding carboxylic acids is 1. The van der Waals surface area contributed by atoms with Gasteiger partial charge in [-0.05, 0) is 19.9 Å². The number of aromatic nitrogens is 2. The van der Waals surface area contributed by atoms with Crippen molar-refractivity contribution in [3.8, 4) is 5.88 Å². The Hall–Kier alpha value is -2.05. The Balaban J connectivity index is 1.61. The number of nitrogens with zero attached hydrogens (tertiary/aromatic N) is 3. The monoisotopic (exact) mass is 375 g/mol. The van der Waals surface area contributed by atoms with Crippen molar-refractivity contribution < 1.29 is 14.3 Å². The summed E-state index contributed by atoms with van der Waals surface area (Å²) in [5.41, 5.74) is 0.879. The molecule has 1 aromatic carbocycles. The van der Waals surface area contributed by atoms with Crippen LogP contribution in [0.4, 0.5) is 0 Å². The minimum atomic E-state index is -0.431. The van der Waals surface area contributed by atoms with Crippen molar-refractivity contribution in [1.82, 2.24) is 14.7 Å². The van der Waals surface area contributed by atoms with E-state index in [1.165, 1.54) is 0 Å². The fraction of sp³-hybridized carbons (Fsp3) is 0.474. The number of benzene rings is 1. The lowest BCUT2D eigenvalue weighted by Gasteiger charge is -2.45. The zero-order valence-electron chi connectivity index (χ0n) is 14.9. The van der Waals surface area contributed by atoms with Crippen LogP contribution >= 0.6 is 11.6 Å². The quantitative estimate of drug-likeness (QED) is 0.808. The second kappa shape index (κ2) is 6.59. The topological polar surface area (TPSA) is 56.6 Å². The van der Waals surface area contributed by atoms with Gasteiger partial charge >= 0.3 is 0 Å². The van der Waals surface area contributed by atoms with Crippen molar-refractivity contribution in [3.63, 3.8) is 0 Å². The second-order valence-electron chi connectivity index (χ2n) is 7.34. The highest BCUT2D eigenvalue weighted by Gasteiger charge is 2.40. The third kappa shape index (κ3) is 3.08. The first-order valence-corrected chi connectivity index (χ1v) is 9.22. The van der Waals surface area contributed by atoms with E-state index in [9.17, 15) is 4.79 Å². The highest BCUT2D eigenvalue weighted by molar-refractivity contribution is 6.31. The first-order valence-electron chi connectivity index (χ1n) is 8.84. The Morgan fingerprint density at radius 2 is 2.15 bits per heavy atom. The van der Waals surface area contributed by atoms with Crippen molar-refractivity contribution in [2.75, 3.05) is 19.8 Å². The smallest absolute Gasteiger partial charge is 0.275 e. The molecule has 2 aromatic rings. The van der Waals surface area contributed by atoms with E-state index in [0.29, 0.717) is 36.4 Å². The van der Waals surface area contributed by atoms with Gasteiger partial charge in [0.1, 0.15) is 6.10 Å². The SMILES string of the molecule is CC1(C)COC(c2ccccc2Cl)CN1C(=O)c1cc2n(n1)CCCO2. The fourth-order valence-corrected chi connectivity index (χ4v) is 3.70. The molecule has 0 saturated carbocycles. The number of amides is 1. The maximum absolute atomic E-state index is 13.2. The number of hydrogen-bond donors (Lipinski definition) is 0. The summed E-state index contributed by atoms with van der Waals surface area (Å²) in [6, 6.07) is 9.33. The molecule has 2 aliphatic heterocycles. The summed E-state index contributed by atoms with van der Waals surface area (Å²) in [4.78, 5) is 15.0. The van der Waals surface area contributed by atoms with Gasteiger partial charge < -0.3 is 14.4 Å². The van der Waals surface area contributed by atoms with Gasteiger partial charge in [-0.2, -0.15) is 5.10 Å². The first-order chi connectivity index (χ1) is 12.5. The normalized spacial score (nSPS) is 21.8. The summed E-state index contributed by atoms with van der Waals surface area (Å²) in [5.74, 6) is 0.550. The van der Waals surface area contributed by atoms with Crippen LogP contribution < -0.4 is 4.74 Å². The number of morpholine rings is 1. The molecule has 1 saturated heterocycles. The van der Waals surface area contributed by atoms with Crippen LogP contribution in [-0.4, -0.2) is 45.9 Å². The average molecular weight is 376 g/mol. The van der Waals surface area contributed by atoms with Gasteiger partial charge in [0.15, 0.2) is 5.69 Å². The molecule has 0 spiro atoms. The largest absolute Gasteiger partial charge is 0.478 e. The second-order valence-corrected chi connectivity index (χ2v) is 7.75. The number of carbonyl (C=O) groups is 1. The zero-order valence-corrected chi connectivity index (χ0v) is 15.7. The summed E-state index contributed by atoms with van der Waals surface area (Å²) in [5, 5.41) is 5.09. The number of hydrogen-bond acceptors (Lipinski definition) is 4. The minimum Gasteiger partial charge on any atom is -0.478 e. The van der Waals surface area contributed by atoms with Crippen LogP contribution in [0.5, 0.6) is 5.88 Å². The minimum absolute atomic E-state index is 0.110. The van der Waals surface area contributed by atoms with Gasteiger partial charge in [0, 0.05) is 29.6 Å². The molecule has 2 aliphatic rings. The Morgan fingerprint density at radius 1 is 1.35 bits per heavy atom. The van der Waals surface area contributed by atoms with Gasteiger partial charge in [-0.3, -0.25) is 4.79 Å². The van der Waals surface area contributed by atoms with Crippen molar-refractivity contribution in [2.45, 2.75) is 38.5 Å². The summed E-state index contributed by atoms with van der Waals surface area (Å²) in [6.07, 6.45) is 0.647. The molecule has 1 atom stereocenters. The molecule has 138 valence electrons. The lowest BCUT2D eigenvalue weighted by Crippen LogP contribution is -2.56. The van der Waals surface area contributed by atoms with E-state index in [1.807, 2.05) is 43.0 Å². The molecule has 6 nitrogen and oxygen atoms in total. The Bertz CT molecular complexity index is 810. The molecule has 1 amide bonds.